The van der Waals surface area contributed by atoms with Crippen LogP contribution in [0.1, 0.15) is 76.0 Å². The normalized spacial score (nSPS) is 14.8. The van der Waals surface area contributed by atoms with E-state index in [0.29, 0.717) is 19.3 Å². The second-order valence-corrected chi connectivity index (χ2v) is 9.70. The lowest BCUT2D eigenvalue weighted by molar-refractivity contribution is -0.139. The number of carboxylic acids is 1. The summed E-state index contributed by atoms with van der Waals surface area (Å²) in [6, 6.07) is 3.27. The van der Waals surface area contributed by atoms with Gasteiger partial charge in [0.15, 0.2) is 0 Å². The Hall–Kier alpha value is -1.67. The lowest BCUT2D eigenvalue weighted by atomic mass is 10.0. The Kier molecular flexibility index (Phi) is 9.87. The number of hydrogen-bond acceptors (Lipinski definition) is 5. The molecular weight excluding hydrogens is 390 g/mol. The molecule has 0 fully saturated rings. The first kappa shape index (κ1) is 23.6. The van der Waals surface area contributed by atoms with Gasteiger partial charge < -0.3 is 10.4 Å². The van der Waals surface area contributed by atoms with Crippen LogP contribution < -0.4 is 10.0 Å². The smallest absolute Gasteiger partial charge is 0.321 e. The molecule has 1 aromatic heterocycles. The van der Waals surface area contributed by atoms with E-state index in [1.807, 2.05) is 6.92 Å². The number of hydrogen-bond donors (Lipinski definition) is 3. The molecule has 1 aliphatic rings. The molecule has 2 heterocycles. The first-order valence-corrected chi connectivity index (χ1v) is 12.5. The van der Waals surface area contributed by atoms with Crippen molar-refractivity contribution < 1.29 is 18.3 Å². The molecule has 0 aliphatic carbocycles. The Morgan fingerprint density at radius 2 is 1.97 bits per heavy atom. The molecule has 2 rings (SSSR count). The minimum atomic E-state index is -3.52. The molecule has 8 heteroatoms. The molecule has 0 saturated heterocycles. The van der Waals surface area contributed by atoms with Crippen molar-refractivity contribution in [1.29, 1.82) is 0 Å². The van der Waals surface area contributed by atoms with Crippen molar-refractivity contribution in [2.75, 3.05) is 17.6 Å². The summed E-state index contributed by atoms with van der Waals surface area (Å²) >= 11 is 0. The van der Waals surface area contributed by atoms with Crippen molar-refractivity contribution in [1.82, 2.24) is 9.71 Å². The van der Waals surface area contributed by atoms with Crippen molar-refractivity contribution in [2.24, 2.45) is 0 Å². The molecule has 1 unspecified atom stereocenters. The van der Waals surface area contributed by atoms with Gasteiger partial charge in [-0.1, -0.05) is 45.1 Å². The van der Waals surface area contributed by atoms with E-state index >= 15 is 0 Å². The highest BCUT2D eigenvalue weighted by Crippen LogP contribution is 2.20. The minimum absolute atomic E-state index is 0.0144. The van der Waals surface area contributed by atoms with E-state index in [1.54, 1.807) is 0 Å². The summed E-state index contributed by atoms with van der Waals surface area (Å²) in [6.45, 7) is 2.90. The summed E-state index contributed by atoms with van der Waals surface area (Å²) in [6.07, 6.45) is 9.57. The molecule has 164 valence electrons. The second-order valence-electron chi connectivity index (χ2n) is 7.83. The standard InChI is InChI=1S/C21H35N3O4S/c1-2-3-16-29(27,28)24-19(21(25)26)12-8-6-4-5-7-11-18-14-13-17-10-9-15-22-20(17)23-18/h13-14,19,24H,2-12,15-16H2,1H3,(H,22,23)(H,25,26). The summed E-state index contributed by atoms with van der Waals surface area (Å²) in [5.41, 5.74) is 2.42. The topological polar surface area (TPSA) is 108 Å². The van der Waals surface area contributed by atoms with Crippen LogP contribution in [0.5, 0.6) is 0 Å². The van der Waals surface area contributed by atoms with Crippen LogP contribution in [-0.2, 0) is 27.7 Å². The van der Waals surface area contributed by atoms with Crippen LogP contribution in [0.4, 0.5) is 5.82 Å². The molecule has 3 N–H and O–H groups in total. The van der Waals surface area contributed by atoms with Gasteiger partial charge in [0.2, 0.25) is 10.0 Å². The first-order chi connectivity index (χ1) is 13.9. The lowest BCUT2D eigenvalue weighted by Crippen LogP contribution is -2.41. The fourth-order valence-corrected chi connectivity index (χ4v) is 4.97. The first-order valence-electron chi connectivity index (χ1n) is 10.9. The number of nitrogens with one attached hydrogen (secondary N) is 2. The number of carbonyl (C=O) groups is 1. The van der Waals surface area contributed by atoms with E-state index < -0.39 is 22.0 Å². The summed E-state index contributed by atoms with van der Waals surface area (Å²) in [5, 5.41) is 12.6. The zero-order valence-corrected chi connectivity index (χ0v) is 18.3. The average Bonchev–Trinajstić information content (AvgIpc) is 2.70. The third-order valence-electron chi connectivity index (χ3n) is 5.26. The van der Waals surface area contributed by atoms with Crippen molar-refractivity contribution in [3.8, 4) is 0 Å². The number of rotatable bonds is 14. The molecule has 0 bridgehead atoms. The van der Waals surface area contributed by atoms with Crippen LogP contribution in [0.2, 0.25) is 0 Å². The SMILES string of the molecule is CCCCS(=O)(=O)NC(CCCCCCCc1ccc2c(n1)NCCC2)C(=O)O. The van der Waals surface area contributed by atoms with Crippen LogP contribution >= 0.6 is 0 Å². The number of anilines is 1. The van der Waals surface area contributed by atoms with Gasteiger partial charge in [-0.15, -0.1) is 0 Å². The zero-order chi connectivity index (χ0) is 21.1. The van der Waals surface area contributed by atoms with Gasteiger partial charge in [0.1, 0.15) is 11.9 Å². The van der Waals surface area contributed by atoms with Gasteiger partial charge >= 0.3 is 5.97 Å². The van der Waals surface area contributed by atoms with E-state index in [1.165, 1.54) is 5.56 Å². The number of nitrogens with zero attached hydrogens (tertiary/aromatic N) is 1. The Morgan fingerprint density at radius 1 is 1.21 bits per heavy atom. The minimum Gasteiger partial charge on any atom is -0.480 e. The number of sulfonamides is 1. The van der Waals surface area contributed by atoms with Crippen molar-refractivity contribution >= 4 is 21.8 Å². The number of aliphatic carboxylic acids is 1. The monoisotopic (exact) mass is 425 g/mol. The Bertz CT molecular complexity index is 752. The second kappa shape index (κ2) is 12.1. The van der Waals surface area contributed by atoms with Crippen LogP contribution in [0, 0.1) is 0 Å². The predicted octanol–water partition coefficient (Wildman–Crippen LogP) is 3.50. The van der Waals surface area contributed by atoms with E-state index in [2.05, 4.69) is 22.2 Å². The maximum absolute atomic E-state index is 11.9. The number of aromatic nitrogens is 1. The summed E-state index contributed by atoms with van der Waals surface area (Å²) in [7, 11) is -3.52. The Morgan fingerprint density at radius 3 is 2.72 bits per heavy atom. The van der Waals surface area contributed by atoms with Gasteiger partial charge in [-0.25, -0.2) is 18.1 Å². The van der Waals surface area contributed by atoms with Crippen molar-refractivity contribution in [3.63, 3.8) is 0 Å². The zero-order valence-electron chi connectivity index (χ0n) is 17.5. The molecule has 1 aromatic rings. The highest BCUT2D eigenvalue weighted by molar-refractivity contribution is 7.89. The fraction of sp³-hybridized carbons (Fsp3) is 0.714. The highest BCUT2D eigenvalue weighted by atomic mass is 32.2. The summed E-state index contributed by atoms with van der Waals surface area (Å²) in [4.78, 5) is 16.0. The molecule has 29 heavy (non-hydrogen) atoms. The Balaban J connectivity index is 1.62. The molecule has 0 aromatic carbocycles. The average molecular weight is 426 g/mol. The van der Waals surface area contributed by atoms with Crippen LogP contribution in [0.25, 0.3) is 0 Å². The number of aryl methyl sites for hydroxylation is 2. The largest absolute Gasteiger partial charge is 0.480 e. The van der Waals surface area contributed by atoms with Gasteiger partial charge in [-0.05, 0) is 50.2 Å². The quantitative estimate of drug-likeness (QED) is 0.394. The maximum atomic E-state index is 11.9. The molecule has 1 atom stereocenters. The van der Waals surface area contributed by atoms with Gasteiger partial charge in [0, 0.05) is 12.2 Å². The summed E-state index contributed by atoms with van der Waals surface area (Å²) < 4.78 is 26.2. The van der Waals surface area contributed by atoms with Gasteiger partial charge in [0.05, 0.1) is 5.75 Å². The lowest BCUT2D eigenvalue weighted by Gasteiger charge is -2.17. The number of pyridine rings is 1. The van der Waals surface area contributed by atoms with E-state index in [9.17, 15) is 18.3 Å². The van der Waals surface area contributed by atoms with Gasteiger partial charge in [0.25, 0.3) is 0 Å². The third kappa shape index (κ3) is 8.70. The molecule has 0 radical (unpaired) electrons. The van der Waals surface area contributed by atoms with Gasteiger partial charge in [-0.2, -0.15) is 0 Å². The number of carboxylic acid groups (broad SMARTS) is 1. The van der Waals surface area contributed by atoms with Crippen LogP contribution in [0.3, 0.4) is 0 Å². The highest BCUT2D eigenvalue weighted by Gasteiger charge is 2.23. The predicted molar refractivity (Wildman–Crippen MR) is 116 cm³/mol. The van der Waals surface area contributed by atoms with Gasteiger partial charge in [-0.3, -0.25) is 4.79 Å². The fourth-order valence-electron chi connectivity index (χ4n) is 3.54. The molecule has 7 nitrogen and oxygen atoms in total. The molecular formula is C21H35N3O4S. The van der Waals surface area contributed by atoms with Crippen LogP contribution in [0.15, 0.2) is 12.1 Å². The molecule has 1 aliphatic heterocycles. The number of unbranched alkanes of at least 4 members (excludes halogenated alkanes) is 5. The van der Waals surface area contributed by atoms with Crippen molar-refractivity contribution in [2.45, 2.75) is 83.6 Å². The van der Waals surface area contributed by atoms with E-state index in [-0.39, 0.29) is 5.75 Å². The third-order valence-corrected chi connectivity index (χ3v) is 6.73. The summed E-state index contributed by atoms with van der Waals surface area (Å²) in [5.74, 6) is -0.0773. The molecule has 0 spiro atoms. The molecule has 0 saturated carbocycles. The van der Waals surface area contributed by atoms with Crippen molar-refractivity contribution in [3.05, 3.63) is 23.4 Å². The Labute approximate surface area is 174 Å². The molecule has 0 amide bonds. The van der Waals surface area contributed by atoms with E-state index in [0.717, 1.165) is 69.4 Å². The van der Waals surface area contributed by atoms with Crippen LogP contribution in [-0.4, -0.2) is 42.8 Å². The maximum Gasteiger partial charge on any atom is 0.321 e. The number of fused-ring (bicyclic) bond motifs is 1. The van der Waals surface area contributed by atoms with E-state index in [4.69, 9.17) is 4.98 Å².